The summed E-state index contributed by atoms with van der Waals surface area (Å²) in [5.41, 5.74) is 0.342. The van der Waals surface area contributed by atoms with Gasteiger partial charge in [-0.05, 0) is 29.7 Å². The molecule has 0 spiro atoms. The molecule has 140 valence electrons. The van der Waals surface area contributed by atoms with Crippen LogP contribution in [0, 0.1) is 0 Å². The van der Waals surface area contributed by atoms with Gasteiger partial charge in [0.25, 0.3) is 10.0 Å². The van der Waals surface area contributed by atoms with Crippen molar-refractivity contribution >= 4 is 55.7 Å². The van der Waals surface area contributed by atoms with E-state index in [4.69, 9.17) is 27.9 Å². The quantitative estimate of drug-likeness (QED) is 0.566. The molecular weight excluding hydrogens is 409 g/mol. The summed E-state index contributed by atoms with van der Waals surface area (Å²) >= 11 is 12.1. The van der Waals surface area contributed by atoms with Crippen LogP contribution in [0.4, 0.5) is 5.69 Å². The molecule has 0 bridgehead atoms. The van der Waals surface area contributed by atoms with E-state index in [-0.39, 0.29) is 14.9 Å². The summed E-state index contributed by atoms with van der Waals surface area (Å²) in [7, 11) is -2.99. The fraction of sp³-hybridized carbons (Fsp3) is 0.105. The van der Waals surface area contributed by atoms with E-state index in [2.05, 4.69) is 0 Å². The van der Waals surface area contributed by atoms with Gasteiger partial charge in [-0.1, -0.05) is 59.6 Å². The average molecular weight is 424 g/mol. The Kier molecular flexibility index (Phi) is 5.60. The van der Waals surface area contributed by atoms with E-state index in [0.29, 0.717) is 11.1 Å². The maximum Gasteiger partial charge on any atom is 0.326 e. The zero-order valence-electron chi connectivity index (χ0n) is 14.2. The Labute approximate surface area is 167 Å². The van der Waals surface area contributed by atoms with Gasteiger partial charge in [-0.25, -0.2) is 8.42 Å². The van der Waals surface area contributed by atoms with Gasteiger partial charge < -0.3 is 4.74 Å². The number of methoxy groups -OCH3 is 1. The molecule has 0 heterocycles. The summed E-state index contributed by atoms with van der Waals surface area (Å²) < 4.78 is 32.4. The van der Waals surface area contributed by atoms with Crippen molar-refractivity contribution in [1.82, 2.24) is 0 Å². The molecule has 0 fully saturated rings. The van der Waals surface area contributed by atoms with Gasteiger partial charge in [0.05, 0.1) is 17.8 Å². The van der Waals surface area contributed by atoms with Gasteiger partial charge in [0.2, 0.25) is 0 Å². The Morgan fingerprint density at radius 1 is 1.04 bits per heavy atom. The largest absolute Gasteiger partial charge is 0.468 e. The van der Waals surface area contributed by atoms with E-state index in [0.717, 1.165) is 9.69 Å². The van der Waals surface area contributed by atoms with E-state index >= 15 is 0 Å². The minimum Gasteiger partial charge on any atom is -0.468 e. The van der Waals surface area contributed by atoms with Gasteiger partial charge >= 0.3 is 5.97 Å². The summed E-state index contributed by atoms with van der Waals surface area (Å²) in [5, 5.41) is 1.73. The Morgan fingerprint density at radius 2 is 1.74 bits per heavy atom. The molecule has 3 aromatic carbocycles. The lowest BCUT2D eigenvalue weighted by molar-refractivity contribution is -0.138. The molecule has 0 saturated carbocycles. The van der Waals surface area contributed by atoms with Crippen LogP contribution in [-0.2, 0) is 19.6 Å². The molecule has 0 unspecified atom stereocenters. The minimum absolute atomic E-state index is 0.00880. The van der Waals surface area contributed by atoms with Crippen LogP contribution >= 0.6 is 23.2 Å². The van der Waals surface area contributed by atoms with Crippen molar-refractivity contribution in [2.24, 2.45) is 0 Å². The number of halogens is 2. The highest BCUT2D eigenvalue weighted by molar-refractivity contribution is 7.93. The number of ether oxygens (including phenoxy) is 1. The minimum atomic E-state index is -4.19. The lowest BCUT2D eigenvalue weighted by Crippen LogP contribution is -2.36. The SMILES string of the molecule is COC(=O)CN(c1cccc2ccccc12)S(=O)(=O)c1cc(Cl)ccc1Cl. The molecule has 3 aromatic rings. The first kappa shape index (κ1) is 19.5. The number of nitrogens with zero attached hydrogens (tertiary/aromatic N) is 1. The number of carbonyl (C=O) groups excluding carboxylic acids is 1. The van der Waals surface area contributed by atoms with Gasteiger partial charge in [-0.15, -0.1) is 0 Å². The average Bonchev–Trinajstić information content (AvgIpc) is 2.67. The van der Waals surface area contributed by atoms with Crippen LogP contribution in [0.15, 0.2) is 65.6 Å². The van der Waals surface area contributed by atoms with Gasteiger partial charge in [0.15, 0.2) is 0 Å². The zero-order valence-corrected chi connectivity index (χ0v) is 16.6. The summed E-state index contributed by atoms with van der Waals surface area (Å²) in [5.74, 6) is -0.704. The van der Waals surface area contributed by atoms with Gasteiger partial charge in [0.1, 0.15) is 11.4 Å². The van der Waals surface area contributed by atoms with Crippen molar-refractivity contribution in [1.29, 1.82) is 0 Å². The van der Waals surface area contributed by atoms with Crippen LogP contribution in [0.2, 0.25) is 10.0 Å². The monoisotopic (exact) mass is 423 g/mol. The third-order valence-corrected chi connectivity index (χ3v) is 6.47. The normalized spacial score (nSPS) is 11.4. The second-order valence-electron chi connectivity index (χ2n) is 5.66. The Balaban J connectivity index is 2.25. The first-order valence-electron chi connectivity index (χ1n) is 7.87. The fourth-order valence-corrected chi connectivity index (χ4v) is 4.87. The van der Waals surface area contributed by atoms with E-state index in [1.54, 1.807) is 24.3 Å². The maximum atomic E-state index is 13.4. The number of sulfonamides is 1. The number of carbonyl (C=O) groups is 1. The molecule has 0 atom stereocenters. The Bertz CT molecular complexity index is 1110. The predicted molar refractivity (Wildman–Crippen MR) is 107 cm³/mol. The molecule has 0 aliphatic carbocycles. The summed E-state index contributed by atoms with van der Waals surface area (Å²) in [4.78, 5) is 11.8. The number of hydrogen-bond acceptors (Lipinski definition) is 4. The second-order valence-corrected chi connectivity index (χ2v) is 8.34. The predicted octanol–water partition coefficient (Wildman–Crippen LogP) is 4.51. The topological polar surface area (TPSA) is 63.7 Å². The molecule has 0 aromatic heterocycles. The summed E-state index contributed by atoms with van der Waals surface area (Å²) in [6.45, 7) is -0.504. The molecule has 0 N–H and O–H groups in total. The van der Waals surface area contributed by atoms with E-state index < -0.39 is 22.5 Å². The third-order valence-electron chi connectivity index (χ3n) is 4.00. The van der Waals surface area contributed by atoms with Crippen molar-refractivity contribution < 1.29 is 17.9 Å². The van der Waals surface area contributed by atoms with Gasteiger partial charge in [-0.2, -0.15) is 0 Å². The van der Waals surface area contributed by atoms with E-state index in [9.17, 15) is 13.2 Å². The first-order valence-corrected chi connectivity index (χ1v) is 10.1. The Morgan fingerprint density at radius 3 is 2.48 bits per heavy atom. The van der Waals surface area contributed by atoms with Crippen LogP contribution in [-0.4, -0.2) is 28.0 Å². The van der Waals surface area contributed by atoms with Gasteiger partial charge in [-0.3, -0.25) is 9.10 Å². The number of fused-ring (bicyclic) bond motifs is 1. The maximum absolute atomic E-state index is 13.4. The Hall–Kier alpha value is -2.28. The molecule has 0 amide bonds. The van der Waals surface area contributed by atoms with Crippen molar-refractivity contribution in [3.63, 3.8) is 0 Å². The van der Waals surface area contributed by atoms with Crippen LogP contribution in [0.25, 0.3) is 10.8 Å². The molecule has 0 radical (unpaired) electrons. The van der Waals surface area contributed by atoms with Crippen LogP contribution in [0.1, 0.15) is 0 Å². The summed E-state index contributed by atoms with van der Waals surface area (Å²) in [6, 6.07) is 16.6. The number of anilines is 1. The highest BCUT2D eigenvalue weighted by atomic mass is 35.5. The van der Waals surface area contributed by atoms with E-state index in [1.165, 1.54) is 25.3 Å². The number of esters is 1. The lowest BCUT2D eigenvalue weighted by atomic mass is 10.1. The number of benzene rings is 3. The summed E-state index contributed by atoms with van der Waals surface area (Å²) in [6.07, 6.45) is 0. The smallest absolute Gasteiger partial charge is 0.326 e. The van der Waals surface area contributed by atoms with Crippen molar-refractivity contribution in [2.75, 3.05) is 18.0 Å². The highest BCUT2D eigenvalue weighted by Gasteiger charge is 2.30. The number of hydrogen-bond donors (Lipinski definition) is 0. The van der Waals surface area contributed by atoms with Crippen LogP contribution in [0.3, 0.4) is 0 Å². The van der Waals surface area contributed by atoms with Gasteiger partial charge in [0, 0.05) is 10.4 Å². The molecular formula is C19H15Cl2NO4S. The third kappa shape index (κ3) is 3.88. The fourth-order valence-electron chi connectivity index (χ4n) is 2.70. The molecule has 8 heteroatoms. The number of rotatable bonds is 5. The zero-order chi connectivity index (χ0) is 19.6. The molecule has 0 aliphatic rings. The van der Waals surface area contributed by atoms with E-state index in [1.807, 2.05) is 18.2 Å². The lowest BCUT2D eigenvalue weighted by Gasteiger charge is -2.25. The molecule has 5 nitrogen and oxygen atoms in total. The molecule has 0 saturated heterocycles. The van der Waals surface area contributed by atoms with Crippen LogP contribution in [0.5, 0.6) is 0 Å². The highest BCUT2D eigenvalue weighted by Crippen LogP contribution is 2.34. The molecule has 3 rings (SSSR count). The van der Waals surface area contributed by atoms with Crippen molar-refractivity contribution in [2.45, 2.75) is 4.90 Å². The van der Waals surface area contributed by atoms with Crippen LogP contribution < -0.4 is 4.31 Å². The second kappa shape index (κ2) is 7.76. The van der Waals surface area contributed by atoms with Crippen molar-refractivity contribution in [3.8, 4) is 0 Å². The molecule has 27 heavy (non-hydrogen) atoms. The van der Waals surface area contributed by atoms with Crippen molar-refractivity contribution in [3.05, 3.63) is 70.7 Å². The standard InChI is InChI=1S/C19H15Cl2NO4S/c1-26-19(23)12-22(17-8-4-6-13-5-2-3-7-15(13)17)27(24,25)18-11-14(20)9-10-16(18)21/h2-11H,12H2,1H3. The first-order chi connectivity index (χ1) is 12.8. The molecule has 0 aliphatic heterocycles.